The number of benzene rings is 1. The Labute approximate surface area is 126 Å². The molecule has 0 spiro atoms. The van der Waals surface area contributed by atoms with Gasteiger partial charge in [0.25, 0.3) is 0 Å². The minimum atomic E-state index is -1.04. The highest BCUT2D eigenvalue weighted by molar-refractivity contribution is 9.10. The monoisotopic (exact) mass is 334 g/mol. The Morgan fingerprint density at radius 3 is 2.50 bits per heavy atom. The molecule has 1 aromatic heterocycles. The molecule has 5 heteroatoms. The third-order valence-electron chi connectivity index (χ3n) is 3.01. The molecule has 0 fully saturated rings. The summed E-state index contributed by atoms with van der Waals surface area (Å²) in [4.78, 5) is 16.4. The molecule has 2 rings (SSSR count). The molecular formula is C15H15BrN2O2. The van der Waals surface area contributed by atoms with Gasteiger partial charge in [-0.2, -0.15) is 0 Å². The van der Waals surface area contributed by atoms with Crippen LogP contribution >= 0.6 is 15.9 Å². The molecule has 0 amide bonds. The first-order chi connectivity index (χ1) is 9.56. The fourth-order valence-corrected chi connectivity index (χ4v) is 2.17. The van der Waals surface area contributed by atoms with Crippen molar-refractivity contribution in [2.24, 2.45) is 0 Å². The van der Waals surface area contributed by atoms with Gasteiger partial charge >= 0.3 is 5.97 Å². The number of esters is 1. The number of nitrogens with one attached hydrogen (secondary N) is 1. The first kappa shape index (κ1) is 14.5. The first-order valence-corrected chi connectivity index (χ1v) is 6.89. The Morgan fingerprint density at radius 2 is 1.95 bits per heavy atom. The molecule has 1 heterocycles. The lowest BCUT2D eigenvalue weighted by molar-refractivity contribution is -0.145. The number of halogens is 1. The molecule has 0 saturated carbocycles. The van der Waals surface area contributed by atoms with E-state index in [0.717, 1.165) is 10.2 Å². The van der Waals surface area contributed by atoms with Crippen molar-refractivity contribution in [1.29, 1.82) is 0 Å². The molecular weight excluding hydrogens is 320 g/mol. The number of anilines is 1. The quantitative estimate of drug-likeness (QED) is 0.871. The predicted octanol–water partition coefficient (Wildman–Crippen LogP) is 3.34. The van der Waals surface area contributed by atoms with Crippen LogP contribution in [-0.4, -0.2) is 18.1 Å². The summed E-state index contributed by atoms with van der Waals surface area (Å²) in [5.74, 6) is -0.390. The van der Waals surface area contributed by atoms with Crippen molar-refractivity contribution in [3.8, 4) is 0 Å². The van der Waals surface area contributed by atoms with E-state index >= 15 is 0 Å². The molecule has 4 nitrogen and oxygen atoms in total. The maximum absolute atomic E-state index is 12.2. The summed E-state index contributed by atoms with van der Waals surface area (Å²) >= 11 is 3.38. The summed E-state index contributed by atoms with van der Waals surface area (Å²) in [5, 5.41) is 3.19. The van der Waals surface area contributed by atoms with Crippen molar-refractivity contribution >= 4 is 27.6 Å². The third-order valence-corrected chi connectivity index (χ3v) is 3.54. The normalized spacial score (nSPS) is 13.3. The van der Waals surface area contributed by atoms with Crippen molar-refractivity contribution in [3.63, 3.8) is 0 Å². The van der Waals surface area contributed by atoms with E-state index in [2.05, 4.69) is 26.2 Å². The van der Waals surface area contributed by atoms with Crippen molar-refractivity contribution in [3.05, 3.63) is 58.8 Å². The Bertz CT molecular complexity index is 587. The zero-order chi connectivity index (χ0) is 14.6. The van der Waals surface area contributed by atoms with Gasteiger partial charge in [-0.3, -0.25) is 4.98 Å². The number of methoxy groups -OCH3 is 1. The second-order valence-electron chi connectivity index (χ2n) is 4.46. The van der Waals surface area contributed by atoms with Crippen molar-refractivity contribution in [2.45, 2.75) is 12.5 Å². The van der Waals surface area contributed by atoms with Crippen LogP contribution in [0.2, 0.25) is 0 Å². The van der Waals surface area contributed by atoms with Gasteiger partial charge in [-0.25, -0.2) is 4.79 Å². The molecule has 0 saturated heterocycles. The lowest BCUT2D eigenvalue weighted by atomic mass is 9.96. The van der Waals surface area contributed by atoms with Crippen molar-refractivity contribution < 1.29 is 9.53 Å². The number of hydrogen-bond donors (Lipinski definition) is 1. The molecule has 2 aromatic rings. The van der Waals surface area contributed by atoms with Crippen LogP contribution in [0.5, 0.6) is 0 Å². The lowest BCUT2D eigenvalue weighted by Gasteiger charge is -2.28. The van der Waals surface area contributed by atoms with E-state index in [-0.39, 0.29) is 5.97 Å². The highest BCUT2D eigenvalue weighted by Crippen LogP contribution is 2.26. The van der Waals surface area contributed by atoms with Crippen molar-refractivity contribution in [2.75, 3.05) is 12.4 Å². The number of ether oxygens (including phenoxy) is 1. The van der Waals surface area contributed by atoms with E-state index in [1.807, 2.05) is 30.3 Å². The second-order valence-corrected chi connectivity index (χ2v) is 5.38. The van der Waals surface area contributed by atoms with Crippen LogP contribution in [0.1, 0.15) is 12.6 Å². The largest absolute Gasteiger partial charge is 0.467 e. The number of pyridine rings is 1. The van der Waals surface area contributed by atoms with Gasteiger partial charge in [-0.1, -0.05) is 22.0 Å². The molecule has 0 aliphatic heterocycles. The van der Waals surface area contributed by atoms with Crippen LogP contribution in [0, 0.1) is 0 Å². The van der Waals surface area contributed by atoms with Gasteiger partial charge in [0.1, 0.15) is 0 Å². The molecule has 0 aliphatic rings. The number of carbonyl (C=O) groups is 1. The van der Waals surface area contributed by atoms with Crippen LogP contribution < -0.4 is 5.32 Å². The summed E-state index contributed by atoms with van der Waals surface area (Å²) in [6.07, 6.45) is 1.65. The van der Waals surface area contributed by atoms with Gasteiger partial charge in [0.15, 0.2) is 5.54 Å². The number of nitrogens with zero attached hydrogens (tertiary/aromatic N) is 1. The lowest BCUT2D eigenvalue weighted by Crippen LogP contribution is -2.42. The molecule has 1 unspecified atom stereocenters. The average Bonchev–Trinajstić information content (AvgIpc) is 2.49. The number of aromatic nitrogens is 1. The van der Waals surface area contributed by atoms with E-state index in [1.54, 1.807) is 25.3 Å². The van der Waals surface area contributed by atoms with Gasteiger partial charge in [-0.05, 0) is 43.3 Å². The molecule has 20 heavy (non-hydrogen) atoms. The maximum atomic E-state index is 12.2. The van der Waals surface area contributed by atoms with Gasteiger partial charge in [-0.15, -0.1) is 0 Å². The summed E-state index contributed by atoms with van der Waals surface area (Å²) in [7, 11) is 1.37. The van der Waals surface area contributed by atoms with Crippen molar-refractivity contribution in [1.82, 2.24) is 4.98 Å². The van der Waals surface area contributed by atoms with E-state index in [0.29, 0.717) is 5.69 Å². The highest BCUT2D eigenvalue weighted by Gasteiger charge is 2.37. The molecule has 0 bridgehead atoms. The third kappa shape index (κ3) is 2.99. The Balaban J connectivity index is 2.38. The first-order valence-electron chi connectivity index (χ1n) is 6.10. The smallest absolute Gasteiger partial charge is 0.337 e. The summed E-state index contributed by atoms with van der Waals surface area (Å²) in [6, 6.07) is 13.0. The Morgan fingerprint density at radius 1 is 1.25 bits per heavy atom. The van der Waals surface area contributed by atoms with E-state index in [4.69, 9.17) is 4.74 Å². The molecule has 0 aliphatic carbocycles. The Hall–Kier alpha value is -1.88. The number of hydrogen-bond acceptors (Lipinski definition) is 4. The van der Waals surface area contributed by atoms with Crippen LogP contribution in [0.25, 0.3) is 0 Å². The Kier molecular flexibility index (Phi) is 4.39. The van der Waals surface area contributed by atoms with Gasteiger partial charge in [0.2, 0.25) is 0 Å². The van der Waals surface area contributed by atoms with Crippen LogP contribution in [0.15, 0.2) is 53.1 Å². The topological polar surface area (TPSA) is 51.2 Å². The molecule has 0 radical (unpaired) electrons. The van der Waals surface area contributed by atoms with Gasteiger partial charge < -0.3 is 10.1 Å². The molecule has 1 N–H and O–H groups in total. The zero-order valence-electron chi connectivity index (χ0n) is 11.3. The average molecular weight is 335 g/mol. The maximum Gasteiger partial charge on any atom is 0.337 e. The minimum Gasteiger partial charge on any atom is -0.467 e. The number of rotatable bonds is 4. The molecule has 104 valence electrons. The molecule has 1 aromatic carbocycles. The highest BCUT2D eigenvalue weighted by atomic mass is 79.9. The molecule has 1 atom stereocenters. The van der Waals surface area contributed by atoms with Crippen LogP contribution in [0.3, 0.4) is 0 Å². The fourth-order valence-electron chi connectivity index (χ4n) is 1.90. The number of carbonyl (C=O) groups excluding carboxylic acids is 1. The minimum absolute atomic E-state index is 0.390. The standard InChI is InChI=1S/C15H15BrN2O2/c1-15(14(19)20-2,13-5-3-4-10-17-13)18-12-8-6-11(16)7-9-12/h3-10,18H,1-2H3. The zero-order valence-corrected chi connectivity index (χ0v) is 12.8. The SMILES string of the molecule is COC(=O)C(C)(Nc1ccc(Br)cc1)c1ccccn1. The summed E-state index contributed by atoms with van der Waals surface area (Å²) in [5.41, 5.74) is 0.380. The van der Waals surface area contributed by atoms with E-state index in [9.17, 15) is 4.79 Å². The van der Waals surface area contributed by atoms with Crippen LogP contribution in [-0.2, 0) is 15.1 Å². The van der Waals surface area contributed by atoms with Crippen LogP contribution in [0.4, 0.5) is 5.69 Å². The summed E-state index contributed by atoms with van der Waals surface area (Å²) in [6.45, 7) is 1.75. The van der Waals surface area contributed by atoms with Gasteiger partial charge in [0, 0.05) is 16.4 Å². The van der Waals surface area contributed by atoms with E-state index in [1.165, 1.54) is 7.11 Å². The fraction of sp³-hybridized carbons (Fsp3) is 0.200. The predicted molar refractivity (Wildman–Crippen MR) is 81.4 cm³/mol. The van der Waals surface area contributed by atoms with E-state index < -0.39 is 5.54 Å². The second kappa shape index (κ2) is 6.05. The summed E-state index contributed by atoms with van der Waals surface area (Å²) < 4.78 is 5.89. The van der Waals surface area contributed by atoms with Gasteiger partial charge in [0.05, 0.1) is 12.8 Å².